The molecule has 0 aromatic rings. The van der Waals surface area contributed by atoms with E-state index in [2.05, 4.69) is 50.1 Å². The van der Waals surface area contributed by atoms with Crippen molar-refractivity contribution in [1.29, 1.82) is 0 Å². The van der Waals surface area contributed by atoms with Crippen molar-refractivity contribution >= 4 is 5.71 Å². The van der Waals surface area contributed by atoms with Gasteiger partial charge in [0.25, 0.3) is 0 Å². The van der Waals surface area contributed by atoms with Crippen LogP contribution in [0.5, 0.6) is 0 Å². The highest BCUT2D eigenvalue weighted by Gasteiger charge is 2.30. The first-order valence-electron chi connectivity index (χ1n) is 8.71. The molecule has 2 fully saturated rings. The van der Waals surface area contributed by atoms with Crippen LogP contribution in [0.2, 0.25) is 0 Å². The molecular weight excluding hydrogens is 270 g/mol. The predicted molar refractivity (Wildman–Crippen MR) is 96.2 cm³/mol. The molecule has 1 saturated heterocycles. The van der Waals surface area contributed by atoms with Crippen molar-refractivity contribution < 1.29 is 0 Å². The van der Waals surface area contributed by atoms with E-state index in [1.807, 2.05) is 6.20 Å². The molecule has 0 atom stereocenters. The molecule has 122 valence electrons. The largest absolute Gasteiger partial charge is 0.372 e. The SMILES string of the molecule is C\C=C(C(/C(C)=N\C=C\CC)=C(/C)N1CCNCC1)\C1CC1. The lowest BCUT2D eigenvalue weighted by Gasteiger charge is -2.32. The zero-order chi connectivity index (χ0) is 15.9. The Kier molecular flexibility index (Phi) is 6.44. The summed E-state index contributed by atoms with van der Waals surface area (Å²) in [6, 6.07) is 0. The number of nitrogens with one attached hydrogen (secondary N) is 1. The second-order valence-corrected chi connectivity index (χ2v) is 6.22. The molecule has 0 aromatic heterocycles. The Balaban J connectivity index is 2.35. The van der Waals surface area contributed by atoms with Crippen molar-refractivity contribution in [2.24, 2.45) is 10.9 Å². The molecule has 22 heavy (non-hydrogen) atoms. The van der Waals surface area contributed by atoms with E-state index in [0.29, 0.717) is 0 Å². The Hall–Kier alpha value is -1.35. The molecule has 0 bridgehead atoms. The quantitative estimate of drug-likeness (QED) is 0.595. The summed E-state index contributed by atoms with van der Waals surface area (Å²) in [5.74, 6) is 0.748. The van der Waals surface area contributed by atoms with Crippen LogP contribution in [0.15, 0.2) is 40.2 Å². The second kappa shape index (κ2) is 8.33. The van der Waals surface area contributed by atoms with Gasteiger partial charge in [0.2, 0.25) is 0 Å². The lowest BCUT2D eigenvalue weighted by atomic mass is 9.95. The van der Waals surface area contributed by atoms with Gasteiger partial charge in [-0.05, 0) is 51.5 Å². The summed E-state index contributed by atoms with van der Waals surface area (Å²) in [6.45, 7) is 13.1. The average molecular weight is 301 g/mol. The standard InChI is InChI=1S/C19H31N3/c1-5-7-10-21-15(3)19(18(6-2)17-8-9-17)16(4)22-13-11-20-12-14-22/h6-7,10,17,20H,5,8-9,11-14H2,1-4H3/b10-7+,18-6-,19-16-,21-15-. The molecule has 0 spiro atoms. The van der Waals surface area contributed by atoms with Crippen LogP contribution in [0.4, 0.5) is 0 Å². The lowest BCUT2D eigenvalue weighted by Crippen LogP contribution is -2.43. The van der Waals surface area contributed by atoms with Gasteiger partial charge in [-0.25, -0.2) is 0 Å². The third kappa shape index (κ3) is 4.33. The third-order valence-corrected chi connectivity index (χ3v) is 4.54. The Bertz CT molecular complexity index is 487. The van der Waals surface area contributed by atoms with Crippen molar-refractivity contribution in [1.82, 2.24) is 10.2 Å². The number of nitrogens with zero attached hydrogens (tertiary/aromatic N) is 2. The molecular formula is C19H31N3. The first-order valence-corrected chi connectivity index (χ1v) is 8.71. The minimum Gasteiger partial charge on any atom is -0.372 e. The van der Waals surface area contributed by atoms with Gasteiger partial charge in [-0.3, -0.25) is 4.99 Å². The molecule has 0 unspecified atom stereocenters. The molecule has 1 saturated carbocycles. The first kappa shape index (κ1) is 17.0. The van der Waals surface area contributed by atoms with Crippen LogP contribution in [-0.2, 0) is 0 Å². The van der Waals surface area contributed by atoms with E-state index in [9.17, 15) is 0 Å². The van der Waals surface area contributed by atoms with Gasteiger partial charge in [0.15, 0.2) is 0 Å². The number of hydrogen-bond acceptors (Lipinski definition) is 3. The topological polar surface area (TPSA) is 27.6 Å². The Morgan fingerprint density at radius 2 is 1.91 bits per heavy atom. The summed E-state index contributed by atoms with van der Waals surface area (Å²) >= 11 is 0. The van der Waals surface area contributed by atoms with Gasteiger partial charge in [0.05, 0.1) is 0 Å². The van der Waals surface area contributed by atoms with Gasteiger partial charge in [0, 0.05) is 49.4 Å². The number of piperazine rings is 1. The van der Waals surface area contributed by atoms with Gasteiger partial charge >= 0.3 is 0 Å². The second-order valence-electron chi connectivity index (χ2n) is 6.22. The lowest BCUT2D eigenvalue weighted by molar-refractivity contribution is 0.298. The molecule has 3 nitrogen and oxygen atoms in total. The molecule has 0 aromatic carbocycles. The summed E-state index contributed by atoms with van der Waals surface area (Å²) in [5.41, 5.74) is 5.43. The third-order valence-electron chi connectivity index (χ3n) is 4.54. The average Bonchev–Trinajstić information content (AvgIpc) is 3.37. The maximum absolute atomic E-state index is 4.70. The van der Waals surface area contributed by atoms with Crippen LogP contribution in [0, 0.1) is 5.92 Å². The smallest absolute Gasteiger partial charge is 0.0464 e. The van der Waals surface area contributed by atoms with E-state index in [1.54, 1.807) is 0 Å². The highest BCUT2D eigenvalue weighted by atomic mass is 15.2. The van der Waals surface area contributed by atoms with Crippen LogP contribution in [0.3, 0.4) is 0 Å². The Morgan fingerprint density at radius 1 is 1.23 bits per heavy atom. The van der Waals surface area contributed by atoms with Crippen LogP contribution in [-0.4, -0.2) is 36.8 Å². The number of rotatable bonds is 6. The Morgan fingerprint density at radius 3 is 2.45 bits per heavy atom. The molecule has 3 heteroatoms. The van der Waals surface area contributed by atoms with Crippen molar-refractivity contribution in [2.75, 3.05) is 26.2 Å². The minimum absolute atomic E-state index is 0.748. The van der Waals surface area contributed by atoms with Gasteiger partial charge in [-0.15, -0.1) is 0 Å². The fourth-order valence-corrected chi connectivity index (χ4v) is 3.15. The van der Waals surface area contributed by atoms with Crippen LogP contribution >= 0.6 is 0 Å². The van der Waals surface area contributed by atoms with E-state index < -0.39 is 0 Å². The highest BCUT2D eigenvalue weighted by Crippen LogP contribution is 2.41. The summed E-state index contributed by atoms with van der Waals surface area (Å²) in [7, 11) is 0. The predicted octanol–water partition coefficient (Wildman–Crippen LogP) is 3.91. The van der Waals surface area contributed by atoms with Crippen LogP contribution < -0.4 is 5.32 Å². The van der Waals surface area contributed by atoms with E-state index in [0.717, 1.165) is 44.2 Å². The molecule has 2 aliphatic rings. The fraction of sp³-hybridized carbons (Fsp3) is 0.632. The van der Waals surface area contributed by atoms with E-state index in [-0.39, 0.29) is 0 Å². The molecule has 2 rings (SSSR count). The van der Waals surface area contributed by atoms with Crippen LogP contribution in [0.1, 0.15) is 47.0 Å². The molecule has 1 N–H and O–H groups in total. The van der Waals surface area contributed by atoms with Crippen molar-refractivity contribution in [3.63, 3.8) is 0 Å². The van der Waals surface area contributed by atoms with Gasteiger partial charge in [0.1, 0.15) is 0 Å². The monoisotopic (exact) mass is 301 g/mol. The summed E-state index contributed by atoms with van der Waals surface area (Å²) in [5, 5.41) is 3.44. The summed E-state index contributed by atoms with van der Waals surface area (Å²) < 4.78 is 0. The molecule has 1 aliphatic carbocycles. The normalized spacial score (nSPS) is 22.3. The summed E-state index contributed by atoms with van der Waals surface area (Å²) in [4.78, 5) is 7.22. The van der Waals surface area contributed by atoms with Gasteiger partial charge in [-0.2, -0.15) is 0 Å². The first-order chi connectivity index (χ1) is 10.7. The maximum atomic E-state index is 4.70. The number of allylic oxidation sites excluding steroid dienone is 5. The molecule has 1 aliphatic heterocycles. The zero-order valence-electron chi connectivity index (χ0n) is 14.7. The number of aliphatic imine (C=N–C) groups is 1. The van der Waals surface area contributed by atoms with Gasteiger partial charge < -0.3 is 10.2 Å². The molecule has 0 amide bonds. The zero-order valence-corrected chi connectivity index (χ0v) is 14.7. The minimum atomic E-state index is 0.748. The van der Waals surface area contributed by atoms with Crippen molar-refractivity contribution in [3.8, 4) is 0 Å². The fourth-order valence-electron chi connectivity index (χ4n) is 3.15. The van der Waals surface area contributed by atoms with Crippen LogP contribution in [0.25, 0.3) is 0 Å². The van der Waals surface area contributed by atoms with E-state index in [1.165, 1.54) is 29.7 Å². The highest BCUT2D eigenvalue weighted by molar-refractivity contribution is 6.03. The maximum Gasteiger partial charge on any atom is 0.0464 e. The van der Waals surface area contributed by atoms with Crippen molar-refractivity contribution in [3.05, 3.63) is 35.2 Å². The molecule has 1 heterocycles. The Labute approximate surface area is 135 Å². The number of hydrogen-bond donors (Lipinski definition) is 1. The van der Waals surface area contributed by atoms with E-state index >= 15 is 0 Å². The van der Waals surface area contributed by atoms with Gasteiger partial charge in [-0.1, -0.05) is 19.1 Å². The molecule has 0 radical (unpaired) electrons. The van der Waals surface area contributed by atoms with Crippen molar-refractivity contribution in [2.45, 2.75) is 47.0 Å². The summed E-state index contributed by atoms with van der Waals surface area (Å²) in [6.07, 6.45) is 10.1. The van der Waals surface area contributed by atoms with E-state index in [4.69, 9.17) is 4.99 Å².